The maximum atomic E-state index is 11.5. The largest absolute Gasteiger partial charge is 0.353 e. The van der Waals surface area contributed by atoms with Crippen molar-refractivity contribution in [2.75, 3.05) is 6.54 Å². The smallest absolute Gasteiger partial charge is 0.230 e. The van der Waals surface area contributed by atoms with Gasteiger partial charge in [0.15, 0.2) is 0 Å². The van der Waals surface area contributed by atoms with Crippen molar-refractivity contribution in [3.8, 4) is 0 Å². The predicted molar refractivity (Wildman–Crippen MR) is 55.1 cm³/mol. The predicted octanol–water partition coefficient (Wildman–Crippen LogP) is 0.717. The van der Waals surface area contributed by atoms with Crippen molar-refractivity contribution in [1.82, 2.24) is 9.47 Å². The number of aryl methyl sites for hydroxylation is 1. The molecule has 0 bridgehead atoms. The van der Waals surface area contributed by atoms with E-state index >= 15 is 0 Å². The maximum absolute atomic E-state index is 11.5. The molecule has 0 saturated carbocycles. The Kier molecular flexibility index (Phi) is 2.58. The molecule has 0 unspecified atom stereocenters. The summed E-state index contributed by atoms with van der Waals surface area (Å²) >= 11 is 0. The summed E-state index contributed by atoms with van der Waals surface area (Å²) in [4.78, 5) is 24.3. The van der Waals surface area contributed by atoms with Gasteiger partial charge in [0.25, 0.3) is 0 Å². The molecular weight excluding hydrogens is 192 g/mol. The molecule has 0 radical (unpaired) electrons. The molecule has 1 aromatic rings. The fourth-order valence-electron chi connectivity index (χ4n) is 1.78. The van der Waals surface area contributed by atoms with E-state index in [1.54, 1.807) is 4.90 Å². The zero-order valence-electron chi connectivity index (χ0n) is 8.77. The van der Waals surface area contributed by atoms with Crippen LogP contribution < -0.4 is 0 Å². The quantitative estimate of drug-likeness (QED) is 0.669. The van der Waals surface area contributed by atoms with Crippen LogP contribution in [0.3, 0.4) is 0 Å². The number of carbonyl (C=O) groups excluding carboxylic acids is 2. The third kappa shape index (κ3) is 2.09. The highest BCUT2D eigenvalue weighted by atomic mass is 16.2. The molecule has 4 heteroatoms. The van der Waals surface area contributed by atoms with Crippen LogP contribution >= 0.6 is 0 Å². The fraction of sp³-hybridized carbons (Fsp3) is 0.455. The molecule has 1 aliphatic heterocycles. The lowest BCUT2D eigenvalue weighted by molar-refractivity contribution is -0.139. The van der Waals surface area contributed by atoms with Crippen molar-refractivity contribution in [1.29, 1.82) is 0 Å². The van der Waals surface area contributed by atoms with Gasteiger partial charge in [-0.25, -0.2) is 0 Å². The van der Waals surface area contributed by atoms with Crippen LogP contribution in [0, 0.1) is 0 Å². The Balaban J connectivity index is 2.04. The standard InChI is InChI=1S/C11H14N2O2/c1-12-5-2-3-9(12)8-13-6-4-10(14)7-11(13)15/h2-3,5H,4,6-8H2,1H3. The van der Waals surface area contributed by atoms with Gasteiger partial charge in [-0.3, -0.25) is 9.59 Å². The summed E-state index contributed by atoms with van der Waals surface area (Å²) in [6.07, 6.45) is 2.52. The zero-order valence-corrected chi connectivity index (χ0v) is 8.77. The number of Topliss-reactive ketones (excluding diaryl/α,β-unsaturated/α-hetero) is 1. The van der Waals surface area contributed by atoms with Crippen molar-refractivity contribution in [2.45, 2.75) is 19.4 Å². The number of piperidine rings is 1. The summed E-state index contributed by atoms with van der Waals surface area (Å²) in [5.74, 6) is 0.00980. The normalized spacial score (nSPS) is 17.3. The molecule has 1 aliphatic rings. The van der Waals surface area contributed by atoms with Crippen LogP contribution in [0.5, 0.6) is 0 Å². The first kappa shape index (κ1) is 9.96. The van der Waals surface area contributed by atoms with E-state index in [4.69, 9.17) is 0 Å². The van der Waals surface area contributed by atoms with E-state index in [1.807, 2.05) is 29.9 Å². The second-order valence-electron chi connectivity index (χ2n) is 3.89. The lowest BCUT2D eigenvalue weighted by Crippen LogP contribution is -2.38. The summed E-state index contributed by atoms with van der Waals surface area (Å²) < 4.78 is 1.99. The Morgan fingerprint density at radius 2 is 2.20 bits per heavy atom. The van der Waals surface area contributed by atoms with Gasteiger partial charge >= 0.3 is 0 Å². The van der Waals surface area contributed by atoms with Crippen molar-refractivity contribution < 1.29 is 9.59 Å². The van der Waals surface area contributed by atoms with E-state index in [1.165, 1.54) is 0 Å². The van der Waals surface area contributed by atoms with Crippen molar-refractivity contribution in [2.24, 2.45) is 7.05 Å². The first-order valence-corrected chi connectivity index (χ1v) is 5.06. The molecule has 2 heterocycles. The maximum Gasteiger partial charge on any atom is 0.230 e. The molecule has 15 heavy (non-hydrogen) atoms. The van der Waals surface area contributed by atoms with Gasteiger partial charge in [0.2, 0.25) is 5.91 Å². The van der Waals surface area contributed by atoms with Gasteiger partial charge in [-0.1, -0.05) is 0 Å². The van der Waals surface area contributed by atoms with E-state index < -0.39 is 0 Å². The molecule has 0 aliphatic carbocycles. The number of hydrogen-bond donors (Lipinski definition) is 0. The molecule has 2 rings (SSSR count). The topological polar surface area (TPSA) is 42.3 Å². The number of nitrogens with zero attached hydrogens (tertiary/aromatic N) is 2. The monoisotopic (exact) mass is 206 g/mol. The van der Waals surface area contributed by atoms with Crippen molar-refractivity contribution in [3.63, 3.8) is 0 Å². The SMILES string of the molecule is Cn1cccc1CN1CCC(=O)CC1=O. The van der Waals surface area contributed by atoms with Crippen LogP contribution in [-0.2, 0) is 23.2 Å². The Labute approximate surface area is 88.5 Å². The Bertz CT molecular complexity index is 395. The molecule has 0 N–H and O–H groups in total. The lowest BCUT2D eigenvalue weighted by Gasteiger charge is -2.26. The van der Waals surface area contributed by atoms with Crippen LogP contribution in [0.2, 0.25) is 0 Å². The van der Waals surface area contributed by atoms with Gasteiger partial charge in [0.1, 0.15) is 5.78 Å². The lowest BCUT2D eigenvalue weighted by atomic mass is 10.1. The van der Waals surface area contributed by atoms with E-state index in [9.17, 15) is 9.59 Å². The first-order chi connectivity index (χ1) is 7.16. The fourth-order valence-corrected chi connectivity index (χ4v) is 1.78. The highest BCUT2D eigenvalue weighted by Crippen LogP contribution is 2.12. The van der Waals surface area contributed by atoms with Gasteiger partial charge in [-0.05, 0) is 12.1 Å². The minimum Gasteiger partial charge on any atom is -0.353 e. The molecular formula is C11H14N2O2. The van der Waals surface area contributed by atoms with Gasteiger partial charge in [0, 0.05) is 31.9 Å². The number of hydrogen-bond acceptors (Lipinski definition) is 2. The van der Waals surface area contributed by atoms with E-state index in [0.717, 1.165) is 5.69 Å². The number of amides is 1. The van der Waals surface area contributed by atoms with E-state index in [0.29, 0.717) is 19.5 Å². The highest BCUT2D eigenvalue weighted by Gasteiger charge is 2.23. The molecule has 1 saturated heterocycles. The van der Waals surface area contributed by atoms with Gasteiger partial charge in [-0.15, -0.1) is 0 Å². The Morgan fingerprint density at radius 1 is 1.40 bits per heavy atom. The number of likely N-dealkylation sites (tertiary alicyclic amines) is 1. The summed E-state index contributed by atoms with van der Waals surface area (Å²) in [5.41, 5.74) is 1.10. The molecule has 1 amide bonds. The average molecular weight is 206 g/mol. The Hall–Kier alpha value is -1.58. The molecule has 0 atom stereocenters. The number of ketones is 1. The molecule has 0 spiro atoms. The minimum absolute atomic E-state index is 0.0487. The van der Waals surface area contributed by atoms with Crippen LogP contribution in [0.1, 0.15) is 18.5 Å². The number of rotatable bonds is 2. The molecule has 0 aromatic carbocycles. The second kappa shape index (κ2) is 3.88. The van der Waals surface area contributed by atoms with E-state index in [2.05, 4.69) is 0 Å². The third-order valence-electron chi connectivity index (χ3n) is 2.77. The molecule has 1 aromatic heterocycles. The summed E-state index contributed by atoms with van der Waals surface area (Å²) in [7, 11) is 1.95. The number of carbonyl (C=O) groups is 2. The average Bonchev–Trinajstić information content (AvgIpc) is 2.57. The number of aromatic nitrogens is 1. The van der Waals surface area contributed by atoms with Crippen molar-refractivity contribution >= 4 is 11.7 Å². The summed E-state index contributed by atoms with van der Waals surface area (Å²) in [5, 5.41) is 0. The summed E-state index contributed by atoms with van der Waals surface area (Å²) in [6, 6.07) is 3.94. The molecule has 4 nitrogen and oxygen atoms in total. The third-order valence-corrected chi connectivity index (χ3v) is 2.77. The highest BCUT2D eigenvalue weighted by molar-refractivity contribution is 6.00. The molecule has 80 valence electrons. The van der Waals surface area contributed by atoms with E-state index in [-0.39, 0.29) is 18.1 Å². The molecule has 1 fully saturated rings. The van der Waals surface area contributed by atoms with Crippen LogP contribution in [0.25, 0.3) is 0 Å². The Morgan fingerprint density at radius 3 is 2.80 bits per heavy atom. The van der Waals surface area contributed by atoms with Crippen LogP contribution in [-0.4, -0.2) is 27.7 Å². The zero-order chi connectivity index (χ0) is 10.8. The van der Waals surface area contributed by atoms with Crippen LogP contribution in [0.4, 0.5) is 0 Å². The first-order valence-electron chi connectivity index (χ1n) is 5.06. The second-order valence-corrected chi connectivity index (χ2v) is 3.89. The van der Waals surface area contributed by atoms with Gasteiger partial charge in [0.05, 0.1) is 13.0 Å². The van der Waals surface area contributed by atoms with Crippen molar-refractivity contribution in [3.05, 3.63) is 24.0 Å². The van der Waals surface area contributed by atoms with Gasteiger partial charge < -0.3 is 9.47 Å². The summed E-state index contributed by atoms with van der Waals surface area (Å²) in [6.45, 7) is 1.17. The van der Waals surface area contributed by atoms with Crippen LogP contribution in [0.15, 0.2) is 18.3 Å². The van der Waals surface area contributed by atoms with Gasteiger partial charge in [-0.2, -0.15) is 0 Å². The minimum atomic E-state index is -0.0487.